The van der Waals surface area contributed by atoms with Crippen LogP contribution in [0.1, 0.15) is 11.1 Å². The van der Waals surface area contributed by atoms with Crippen LogP contribution in [-0.2, 0) is 17.1 Å². The predicted octanol–water partition coefficient (Wildman–Crippen LogP) is 3.76. The molecule has 0 atom stereocenters. The lowest BCUT2D eigenvalue weighted by Gasteiger charge is -2.07. The number of nitrogens with one attached hydrogen (secondary N) is 1. The van der Waals surface area contributed by atoms with Crippen molar-refractivity contribution in [3.05, 3.63) is 58.4 Å². The minimum absolute atomic E-state index is 0.0732. The highest BCUT2D eigenvalue weighted by atomic mass is 35.5. The number of rotatable bonds is 6. The topological polar surface area (TPSA) is 47.6 Å². The Kier molecular flexibility index (Phi) is 5.48. The number of thioether (sulfide) groups is 1. The van der Waals surface area contributed by atoms with Gasteiger partial charge in [-0.15, -0.1) is 11.8 Å². The Hall–Kier alpha value is -1.92. The van der Waals surface area contributed by atoms with Crippen LogP contribution in [0.5, 0.6) is 11.5 Å². The highest BCUT2D eigenvalue weighted by Gasteiger charge is 2.13. The van der Waals surface area contributed by atoms with Gasteiger partial charge in [0.15, 0.2) is 11.5 Å². The van der Waals surface area contributed by atoms with Crippen molar-refractivity contribution in [3.8, 4) is 11.5 Å². The van der Waals surface area contributed by atoms with Gasteiger partial charge in [-0.25, -0.2) is 4.39 Å². The van der Waals surface area contributed by atoms with E-state index >= 15 is 0 Å². The zero-order valence-corrected chi connectivity index (χ0v) is 14.3. The summed E-state index contributed by atoms with van der Waals surface area (Å²) in [5.41, 5.74) is 1.76. The molecule has 1 aliphatic rings. The number of fused-ring (bicyclic) bond motifs is 1. The van der Waals surface area contributed by atoms with Crippen molar-refractivity contribution in [3.63, 3.8) is 0 Å². The lowest BCUT2D eigenvalue weighted by atomic mass is 10.2. The number of hydrogen-bond acceptors (Lipinski definition) is 4. The van der Waals surface area contributed by atoms with Gasteiger partial charge in [-0.1, -0.05) is 23.7 Å². The van der Waals surface area contributed by atoms with Crippen molar-refractivity contribution in [2.24, 2.45) is 0 Å². The largest absolute Gasteiger partial charge is 0.454 e. The molecule has 3 rings (SSSR count). The molecule has 0 aliphatic carbocycles. The second kappa shape index (κ2) is 7.77. The van der Waals surface area contributed by atoms with Gasteiger partial charge in [0.05, 0.1) is 5.75 Å². The minimum atomic E-state index is -0.366. The van der Waals surface area contributed by atoms with Gasteiger partial charge in [0.25, 0.3) is 0 Å². The van der Waals surface area contributed by atoms with E-state index in [-0.39, 0.29) is 18.5 Å². The van der Waals surface area contributed by atoms with Crippen molar-refractivity contribution in [1.82, 2.24) is 5.32 Å². The summed E-state index contributed by atoms with van der Waals surface area (Å²) in [5.74, 6) is 1.83. The molecule has 0 aromatic heterocycles. The van der Waals surface area contributed by atoms with E-state index in [1.807, 2.05) is 18.2 Å². The van der Waals surface area contributed by atoms with Crippen LogP contribution in [0, 0.1) is 5.82 Å². The number of carbonyl (C=O) groups is 1. The van der Waals surface area contributed by atoms with Crippen molar-refractivity contribution in [1.29, 1.82) is 0 Å². The van der Waals surface area contributed by atoms with Gasteiger partial charge < -0.3 is 14.8 Å². The fourth-order valence-corrected chi connectivity index (χ4v) is 3.37. The Labute approximate surface area is 148 Å². The first-order chi connectivity index (χ1) is 11.6. The molecule has 0 fully saturated rings. The zero-order chi connectivity index (χ0) is 16.9. The first-order valence-electron chi connectivity index (χ1n) is 7.29. The quantitative estimate of drug-likeness (QED) is 0.844. The van der Waals surface area contributed by atoms with E-state index in [0.29, 0.717) is 28.8 Å². The van der Waals surface area contributed by atoms with Crippen LogP contribution in [0.2, 0.25) is 5.02 Å². The van der Waals surface area contributed by atoms with Crippen molar-refractivity contribution >= 4 is 29.3 Å². The monoisotopic (exact) mass is 367 g/mol. The standard InChI is InChI=1S/C17H15ClFNO3S/c18-14-6-13(19)3-2-12(14)8-24-9-17(21)20-7-11-1-4-15-16(5-11)23-10-22-15/h1-6H,7-10H2,(H,20,21). The van der Waals surface area contributed by atoms with Gasteiger partial charge in [-0.2, -0.15) is 0 Å². The Balaban J connectivity index is 1.43. The van der Waals surface area contributed by atoms with Gasteiger partial charge in [0.1, 0.15) is 5.82 Å². The van der Waals surface area contributed by atoms with E-state index in [9.17, 15) is 9.18 Å². The number of amides is 1. The number of halogens is 2. The molecule has 2 aromatic carbocycles. The first-order valence-corrected chi connectivity index (χ1v) is 8.82. The molecule has 0 saturated carbocycles. The second-order valence-corrected chi connectivity index (χ2v) is 6.59. The van der Waals surface area contributed by atoms with Crippen molar-refractivity contribution in [2.75, 3.05) is 12.5 Å². The molecule has 0 spiro atoms. The summed E-state index contributed by atoms with van der Waals surface area (Å²) < 4.78 is 23.5. The summed E-state index contributed by atoms with van der Waals surface area (Å²) in [5, 5.41) is 3.23. The molecule has 1 aliphatic heterocycles. The third kappa shape index (κ3) is 4.33. The summed E-state index contributed by atoms with van der Waals surface area (Å²) in [6.07, 6.45) is 0. The van der Waals surface area contributed by atoms with E-state index in [1.54, 1.807) is 6.07 Å². The fraction of sp³-hybridized carbons (Fsp3) is 0.235. The van der Waals surface area contributed by atoms with Gasteiger partial charge in [0, 0.05) is 17.3 Å². The van der Waals surface area contributed by atoms with Gasteiger partial charge in [-0.05, 0) is 35.4 Å². The molecule has 2 aromatic rings. The molecule has 126 valence electrons. The van der Waals surface area contributed by atoms with Crippen molar-refractivity contribution in [2.45, 2.75) is 12.3 Å². The number of hydrogen-bond donors (Lipinski definition) is 1. The predicted molar refractivity (Wildman–Crippen MR) is 92.0 cm³/mol. The zero-order valence-electron chi connectivity index (χ0n) is 12.7. The van der Waals surface area contributed by atoms with E-state index in [2.05, 4.69) is 5.32 Å². The molecule has 0 saturated heterocycles. The minimum Gasteiger partial charge on any atom is -0.454 e. The normalized spacial score (nSPS) is 12.2. The Bertz CT molecular complexity index is 757. The van der Waals surface area contributed by atoms with Gasteiger partial charge in [-0.3, -0.25) is 4.79 Å². The maximum Gasteiger partial charge on any atom is 0.231 e. The first kappa shape index (κ1) is 16.9. The molecule has 0 unspecified atom stereocenters. The lowest BCUT2D eigenvalue weighted by Crippen LogP contribution is -2.24. The molecule has 1 heterocycles. The molecule has 1 amide bonds. The lowest BCUT2D eigenvalue weighted by molar-refractivity contribution is -0.118. The van der Waals surface area contributed by atoms with E-state index in [4.69, 9.17) is 21.1 Å². The molecular weight excluding hydrogens is 353 g/mol. The van der Waals surface area contributed by atoms with Crippen LogP contribution in [0.15, 0.2) is 36.4 Å². The molecular formula is C17H15ClFNO3S. The Morgan fingerprint density at radius 3 is 2.88 bits per heavy atom. The maximum absolute atomic E-state index is 13.0. The number of ether oxygens (including phenoxy) is 2. The third-order valence-electron chi connectivity index (χ3n) is 3.43. The van der Waals surface area contributed by atoms with E-state index in [0.717, 1.165) is 16.9 Å². The smallest absolute Gasteiger partial charge is 0.231 e. The maximum atomic E-state index is 13.0. The summed E-state index contributed by atoms with van der Waals surface area (Å²) in [4.78, 5) is 11.9. The Morgan fingerprint density at radius 2 is 2.04 bits per heavy atom. The van der Waals surface area contributed by atoms with Gasteiger partial charge in [0.2, 0.25) is 12.7 Å². The van der Waals surface area contributed by atoms with Gasteiger partial charge >= 0.3 is 0 Å². The van der Waals surface area contributed by atoms with Crippen LogP contribution in [-0.4, -0.2) is 18.5 Å². The van der Waals surface area contributed by atoms with Crippen LogP contribution in [0.25, 0.3) is 0 Å². The highest BCUT2D eigenvalue weighted by molar-refractivity contribution is 7.99. The summed E-state index contributed by atoms with van der Waals surface area (Å²) in [6.45, 7) is 0.654. The molecule has 1 N–H and O–H groups in total. The molecule has 0 radical (unpaired) electrons. The van der Waals surface area contributed by atoms with Crippen LogP contribution in [0.3, 0.4) is 0 Å². The van der Waals surface area contributed by atoms with Crippen molar-refractivity contribution < 1.29 is 18.7 Å². The SMILES string of the molecule is O=C(CSCc1ccc(F)cc1Cl)NCc1ccc2c(c1)OCO2. The third-order valence-corrected chi connectivity index (χ3v) is 4.77. The molecule has 24 heavy (non-hydrogen) atoms. The average Bonchev–Trinajstić information content (AvgIpc) is 3.02. The number of benzene rings is 2. The van der Waals surface area contributed by atoms with E-state index < -0.39 is 0 Å². The average molecular weight is 368 g/mol. The summed E-state index contributed by atoms with van der Waals surface area (Å²) in [6, 6.07) is 9.84. The summed E-state index contributed by atoms with van der Waals surface area (Å²) >= 11 is 7.38. The Morgan fingerprint density at radius 1 is 1.21 bits per heavy atom. The highest BCUT2D eigenvalue weighted by Crippen LogP contribution is 2.32. The second-order valence-electron chi connectivity index (χ2n) is 5.19. The number of carbonyl (C=O) groups excluding carboxylic acids is 1. The van der Waals surface area contributed by atoms with E-state index in [1.165, 1.54) is 23.9 Å². The molecule has 0 bridgehead atoms. The fourth-order valence-electron chi connectivity index (χ4n) is 2.20. The van der Waals surface area contributed by atoms with Crippen LogP contribution in [0.4, 0.5) is 4.39 Å². The van der Waals surface area contributed by atoms with Crippen LogP contribution < -0.4 is 14.8 Å². The summed E-state index contributed by atoms with van der Waals surface area (Å²) in [7, 11) is 0. The molecule has 4 nitrogen and oxygen atoms in total. The molecule has 7 heteroatoms. The van der Waals surface area contributed by atoms with Crippen LogP contribution >= 0.6 is 23.4 Å².